The average molecular weight is 442 g/mol. The minimum atomic E-state index is 0.201. The second-order valence-electron chi connectivity index (χ2n) is 9.75. The maximum atomic E-state index is 2.51. The molecule has 0 spiro atoms. The Morgan fingerprint density at radius 2 is 1.26 bits per heavy atom. The van der Waals surface area contributed by atoms with Crippen molar-refractivity contribution in [3.8, 4) is 5.69 Å². The molecule has 0 radical (unpaired) electrons. The van der Waals surface area contributed by atoms with Crippen LogP contribution in [0, 0.1) is 0 Å². The molecule has 1 aromatic heterocycles. The van der Waals surface area contributed by atoms with Gasteiger partial charge in [-0.1, -0.05) is 91.0 Å². The van der Waals surface area contributed by atoms with Crippen molar-refractivity contribution in [1.29, 1.82) is 0 Å². The lowest BCUT2D eigenvalue weighted by molar-refractivity contribution is 1.17. The average Bonchev–Trinajstić information content (AvgIpc) is 3.15. The summed E-state index contributed by atoms with van der Waals surface area (Å²) in [5.74, 6) is 0. The van der Waals surface area contributed by atoms with E-state index in [9.17, 15) is 0 Å². The third-order valence-corrected chi connectivity index (χ3v) is 8.12. The highest BCUT2D eigenvalue weighted by atomic mass is 15.2. The van der Waals surface area contributed by atoms with E-state index in [4.69, 9.17) is 0 Å². The molecule has 6 aromatic rings. The van der Waals surface area contributed by atoms with E-state index in [-0.39, 0.29) is 6.71 Å². The first-order chi connectivity index (χ1) is 17.4. The van der Waals surface area contributed by atoms with Crippen LogP contribution >= 0.6 is 0 Å². The fraction of sp³-hybridized carbons (Fsp3) is 0. The van der Waals surface area contributed by atoms with E-state index in [2.05, 4.69) is 125 Å². The van der Waals surface area contributed by atoms with Crippen molar-refractivity contribution in [3.05, 3.63) is 114 Å². The first kappa shape index (κ1) is 17.9. The summed E-state index contributed by atoms with van der Waals surface area (Å²) in [5, 5.41) is 2.66. The van der Waals surface area contributed by atoms with E-state index in [1.807, 2.05) is 0 Å². The summed E-state index contributed by atoms with van der Waals surface area (Å²) < 4.78 is 2.51. The second kappa shape index (κ2) is 6.14. The van der Waals surface area contributed by atoms with Gasteiger partial charge in [0.1, 0.15) is 0 Å². The number of hydrogen-bond acceptors (Lipinski definition) is 1. The lowest BCUT2D eigenvalue weighted by Gasteiger charge is -2.41. The molecule has 3 aliphatic rings. The SMILES string of the molecule is C1=Cc2ccc3c4c2N(c2ccccc21)c1ccccc1B4c1cccc2c4ccccc4n-3c12. The molecule has 9 rings (SSSR count). The maximum Gasteiger partial charge on any atom is 0.252 e. The first-order valence-corrected chi connectivity index (χ1v) is 12.3. The molecule has 2 nitrogen and oxygen atoms in total. The quantitative estimate of drug-likeness (QED) is 0.266. The van der Waals surface area contributed by atoms with Gasteiger partial charge in [0.2, 0.25) is 0 Å². The molecule has 0 fully saturated rings. The smallest absolute Gasteiger partial charge is 0.252 e. The molecule has 0 saturated carbocycles. The Morgan fingerprint density at radius 3 is 2.23 bits per heavy atom. The monoisotopic (exact) mass is 442 g/mol. The highest BCUT2D eigenvalue weighted by molar-refractivity contribution is 7.00. The van der Waals surface area contributed by atoms with Crippen LogP contribution in [0.15, 0.2) is 103 Å². The van der Waals surface area contributed by atoms with E-state index in [1.165, 1.54) is 72.1 Å². The van der Waals surface area contributed by atoms with Gasteiger partial charge in [0.15, 0.2) is 0 Å². The van der Waals surface area contributed by atoms with Gasteiger partial charge in [-0.15, -0.1) is 0 Å². The van der Waals surface area contributed by atoms with Gasteiger partial charge in [0.05, 0.1) is 16.9 Å². The van der Waals surface area contributed by atoms with Crippen molar-refractivity contribution in [2.24, 2.45) is 0 Å². The Bertz CT molecular complexity index is 1930. The van der Waals surface area contributed by atoms with Crippen LogP contribution in [0.25, 0.3) is 39.6 Å². The lowest BCUT2D eigenvalue weighted by atomic mass is 9.33. The van der Waals surface area contributed by atoms with Gasteiger partial charge >= 0.3 is 0 Å². The van der Waals surface area contributed by atoms with Crippen LogP contribution in [-0.4, -0.2) is 11.3 Å². The van der Waals surface area contributed by atoms with E-state index in [0.717, 1.165) is 0 Å². The highest BCUT2D eigenvalue weighted by Gasteiger charge is 2.43. The third-order valence-electron chi connectivity index (χ3n) is 8.12. The van der Waals surface area contributed by atoms with Crippen LogP contribution in [0.3, 0.4) is 0 Å². The molecular formula is C32H19BN2. The van der Waals surface area contributed by atoms with E-state index in [1.54, 1.807) is 0 Å². The molecule has 0 N–H and O–H groups in total. The minimum absolute atomic E-state index is 0.201. The molecule has 160 valence electrons. The van der Waals surface area contributed by atoms with Gasteiger partial charge in [-0.3, -0.25) is 0 Å². The zero-order valence-corrected chi connectivity index (χ0v) is 18.9. The first-order valence-electron chi connectivity index (χ1n) is 12.3. The zero-order chi connectivity index (χ0) is 22.7. The predicted molar refractivity (Wildman–Crippen MR) is 149 cm³/mol. The van der Waals surface area contributed by atoms with Gasteiger partial charge in [-0.05, 0) is 51.8 Å². The second-order valence-corrected chi connectivity index (χ2v) is 9.75. The Balaban J connectivity index is 1.53. The molecule has 3 aliphatic heterocycles. The van der Waals surface area contributed by atoms with Crippen LogP contribution in [-0.2, 0) is 0 Å². The predicted octanol–water partition coefficient (Wildman–Crippen LogP) is 5.88. The molecule has 0 atom stereocenters. The Kier molecular flexibility index (Phi) is 3.14. The molecule has 0 aliphatic carbocycles. The van der Waals surface area contributed by atoms with Crippen molar-refractivity contribution in [3.63, 3.8) is 0 Å². The van der Waals surface area contributed by atoms with Crippen LogP contribution in [0.5, 0.6) is 0 Å². The standard InChI is InChI=1S/C32H19BN2/c1-4-13-26-20(8-1)16-17-21-18-19-29-30-31(21)34(26)28-15-6-3-11-24(28)33(30)25-12-7-10-23-22-9-2-5-14-27(22)35(29)32(23)25/h1-19H. The topological polar surface area (TPSA) is 8.17 Å². The Morgan fingerprint density at radius 1 is 0.514 bits per heavy atom. The normalized spacial score (nSPS) is 14.1. The summed E-state index contributed by atoms with van der Waals surface area (Å²) in [6.07, 6.45) is 4.56. The number of anilines is 3. The van der Waals surface area contributed by atoms with Gasteiger partial charge in [0, 0.05) is 27.7 Å². The molecule has 0 bridgehead atoms. The minimum Gasteiger partial charge on any atom is -0.310 e. The molecule has 0 unspecified atom stereocenters. The molecule has 4 heterocycles. The number of aromatic nitrogens is 1. The van der Waals surface area contributed by atoms with Crippen LogP contribution in [0.4, 0.5) is 17.1 Å². The maximum absolute atomic E-state index is 2.51. The molecule has 0 amide bonds. The summed E-state index contributed by atoms with van der Waals surface area (Å²) in [6.45, 7) is 0.201. The number of benzene rings is 5. The van der Waals surface area contributed by atoms with Crippen molar-refractivity contribution in [2.45, 2.75) is 0 Å². The number of fused-ring (bicyclic) bond motifs is 10. The number of hydrogen-bond donors (Lipinski definition) is 0. The molecule has 3 heteroatoms. The number of para-hydroxylation sites is 4. The van der Waals surface area contributed by atoms with Crippen molar-refractivity contribution in [1.82, 2.24) is 4.57 Å². The molecule has 0 saturated heterocycles. The van der Waals surface area contributed by atoms with Gasteiger partial charge in [-0.25, -0.2) is 0 Å². The zero-order valence-electron chi connectivity index (χ0n) is 18.9. The van der Waals surface area contributed by atoms with Gasteiger partial charge in [0.25, 0.3) is 6.71 Å². The summed E-state index contributed by atoms with van der Waals surface area (Å²) in [6, 6.07) is 38.1. The highest BCUT2D eigenvalue weighted by Crippen LogP contribution is 2.45. The van der Waals surface area contributed by atoms with Crippen LogP contribution < -0.4 is 21.3 Å². The van der Waals surface area contributed by atoms with Crippen molar-refractivity contribution < 1.29 is 0 Å². The summed E-state index contributed by atoms with van der Waals surface area (Å²) in [5.41, 5.74) is 14.4. The van der Waals surface area contributed by atoms with Crippen LogP contribution in [0.2, 0.25) is 0 Å². The summed E-state index contributed by atoms with van der Waals surface area (Å²) >= 11 is 0. The lowest BCUT2D eigenvalue weighted by Crippen LogP contribution is -2.60. The Hall–Kier alpha value is -4.50. The summed E-state index contributed by atoms with van der Waals surface area (Å²) in [7, 11) is 0. The van der Waals surface area contributed by atoms with Crippen molar-refractivity contribution in [2.75, 3.05) is 4.90 Å². The van der Waals surface area contributed by atoms with E-state index >= 15 is 0 Å². The number of nitrogens with zero attached hydrogens (tertiary/aromatic N) is 2. The molecular weight excluding hydrogens is 423 g/mol. The number of rotatable bonds is 0. The largest absolute Gasteiger partial charge is 0.310 e. The van der Waals surface area contributed by atoms with E-state index in [0.29, 0.717) is 0 Å². The third kappa shape index (κ3) is 2.04. The van der Waals surface area contributed by atoms with E-state index < -0.39 is 0 Å². The van der Waals surface area contributed by atoms with Crippen molar-refractivity contribution >= 4 is 74.1 Å². The van der Waals surface area contributed by atoms with Gasteiger partial charge in [-0.2, -0.15) is 0 Å². The molecule has 5 aromatic carbocycles. The fourth-order valence-electron chi connectivity index (χ4n) is 6.80. The fourth-order valence-corrected chi connectivity index (χ4v) is 6.80. The Labute approximate surface area is 203 Å². The van der Waals surface area contributed by atoms with Crippen LogP contribution in [0.1, 0.15) is 11.1 Å². The van der Waals surface area contributed by atoms with Gasteiger partial charge < -0.3 is 9.47 Å². The summed E-state index contributed by atoms with van der Waals surface area (Å²) in [4.78, 5) is 2.51. The molecule has 35 heavy (non-hydrogen) atoms.